The number of rotatable bonds is 1. The second kappa shape index (κ2) is 2.52. The number of carboxylic acids is 1. The lowest BCUT2D eigenvalue weighted by atomic mass is 10.3. The monoisotopic (exact) mass is 158 g/mol. The molecular formula is C6H10N2O3. The van der Waals surface area contributed by atoms with Crippen molar-refractivity contribution in [3.63, 3.8) is 0 Å². The van der Waals surface area contributed by atoms with Crippen LogP contribution < -0.4 is 5.32 Å². The molecule has 0 aromatic heterocycles. The van der Waals surface area contributed by atoms with Gasteiger partial charge in [0, 0.05) is 19.8 Å². The van der Waals surface area contributed by atoms with Crippen LogP contribution in [0.15, 0.2) is 12.3 Å². The Morgan fingerprint density at radius 3 is 2.82 bits per heavy atom. The highest BCUT2D eigenvalue weighted by Gasteiger charge is 2.40. The molecule has 0 fully saturated rings. The van der Waals surface area contributed by atoms with Gasteiger partial charge in [-0.3, -0.25) is 5.32 Å². The third-order valence-corrected chi connectivity index (χ3v) is 1.60. The molecule has 1 atom stereocenters. The van der Waals surface area contributed by atoms with Crippen LogP contribution >= 0.6 is 0 Å². The van der Waals surface area contributed by atoms with Crippen LogP contribution in [0.5, 0.6) is 0 Å². The molecule has 0 aliphatic carbocycles. The third-order valence-electron chi connectivity index (χ3n) is 1.60. The van der Waals surface area contributed by atoms with Crippen molar-refractivity contribution in [2.75, 3.05) is 13.6 Å². The van der Waals surface area contributed by atoms with Crippen molar-refractivity contribution in [3.05, 3.63) is 12.3 Å². The van der Waals surface area contributed by atoms with Gasteiger partial charge in [-0.05, 0) is 0 Å². The van der Waals surface area contributed by atoms with Gasteiger partial charge >= 0.3 is 5.97 Å². The standard InChI is InChI=1S/C6H10N2O3/c1-8-4-2-3-7-6(8,11)5(9)10/h2,4,7,11H,3H2,1H3,(H,9,10). The summed E-state index contributed by atoms with van der Waals surface area (Å²) in [4.78, 5) is 11.7. The van der Waals surface area contributed by atoms with Crippen LogP contribution in [-0.2, 0) is 4.79 Å². The van der Waals surface area contributed by atoms with E-state index in [1.165, 1.54) is 18.1 Å². The molecule has 0 amide bonds. The summed E-state index contributed by atoms with van der Waals surface area (Å²) in [6.07, 6.45) is 3.24. The van der Waals surface area contributed by atoms with Crippen LogP contribution in [0.1, 0.15) is 0 Å². The fraction of sp³-hybridized carbons (Fsp3) is 0.500. The molecule has 1 unspecified atom stereocenters. The van der Waals surface area contributed by atoms with Crippen LogP contribution in [0.25, 0.3) is 0 Å². The largest absolute Gasteiger partial charge is 0.477 e. The molecule has 62 valence electrons. The Bertz CT molecular complexity index is 204. The van der Waals surface area contributed by atoms with E-state index in [4.69, 9.17) is 5.11 Å². The van der Waals surface area contributed by atoms with E-state index in [-0.39, 0.29) is 0 Å². The van der Waals surface area contributed by atoms with Gasteiger partial charge in [0.2, 0.25) is 0 Å². The number of nitrogens with zero attached hydrogens (tertiary/aromatic N) is 1. The van der Waals surface area contributed by atoms with Gasteiger partial charge in [0.15, 0.2) is 0 Å². The first-order valence-electron chi connectivity index (χ1n) is 3.18. The van der Waals surface area contributed by atoms with Crippen molar-refractivity contribution >= 4 is 5.97 Å². The molecule has 5 nitrogen and oxygen atoms in total. The number of aliphatic carboxylic acids is 1. The van der Waals surface area contributed by atoms with E-state index in [1.54, 1.807) is 6.08 Å². The van der Waals surface area contributed by atoms with E-state index in [0.717, 1.165) is 0 Å². The molecule has 0 aromatic rings. The fourth-order valence-electron chi connectivity index (χ4n) is 0.871. The van der Waals surface area contributed by atoms with Gasteiger partial charge in [-0.2, -0.15) is 0 Å². The van der Waals surface area contributed by atoms with E-state index in [9.17, 15) is 9.90 Å². The Morgan fingerprint density at radius 1 is 1.82 bits per heavy atom. The first kappa shape index (κ1) is 8.03. The summed E-state index contributed by atoms with van der Waals surface area (Å²) in [6, 6.07) is 0. The summed E-state index contributed by atoms with van der Waals surface area (Å²) >= 11 is 0. The highest BCUT2D eigenvalue weighted by Crippen LogP contribution is 2.09. The van der Waals surface area contributed by atoms with Gasteiger partial charge in [-0.25, -0.2) is 4.79 Å². The Labute approximate surface area is 63.9 Å². The average molecular weight is 158 g/mol. The minimum Gasteiger partial charge on any atom is -0.477 e. The zero-order chi connectivity index (χ0) is 8.48. The topological polar surface area (TPSA) is 72.8 Å². The lowest BCUT2D eigenvalue weighted by Crippen LogP contribution is -2.63. The summed E-state index contributed by atoms with van der Waals surface area (Å²) < 4.78 is 0. The van der Waals surface area contributed by atoms with Crippen molar-refractivity contribution in [2.24, 2.45) is 0 Å². The van der Waals surface area contributed by atoms with Crippen LogP contribution in [0, 0.1) is 0 Å². The predicted molar refractivity (Wildman–Crippen MR) is 37.5 cm³/mol. The zero-order valence-electron chi connectivity index (χ0n) is 6.11. The van der Waals surface area contributed by atoms with Crippen LogP contribution in [0.3, 0.4) is 0 Å². The first-order valence-corrected chi connectivity index (χ1v) is 3.18. The summed E-state index contributed by atoms with van der Waals surface area (Å²) in [7, 11) is 1.48. The number of likely N-dealkylation sites (N-methyl/N-ethyl adjacent to an activating group) is 1. The quantitative estimate of drug-likeness (QED) is 0.445. The number of carbonyl (C=O) groups is 1. The van der Waals surface area contributed by atoms with E-state index in [1.807, 2.05) is 0 Å². The third kappa shape index (κ3) is 1.20. The van der Waals surface area contributed by atoms with Crippen LogP contribution in [0.2, 0.25) is 0 Å². The zero-order valence-corrected chi connectivity index (χ0v) is 6.11. The van der Waals surface area contributed by atoms with E-state index in [0.29, 0.717) is 6.54 Å². The van der Waals surface area contributed by atoms with Gasteiger partial charge in [-0.1, -0.05) is 6.08 Å². The Morgan fingerprint density at radius 2 is 2.45 bits per heavy atom. The SMILES string of the molecule is CN1C=CCNC1(O)C(=O)O. The van der Waals surface area contributed by atoms with Crippen molar-refractivity contribution in [1.82, 2.24) is 10.2 Å². The maximum Gasteiger partial charge on any atom is 0.374 e. The highest BCUT2D eigenvalue weighted by atomic mass is 16.4. The molecule has 1 rings (SSSR count). The van der Waals surface area contributed by atoms with E-state index in [2.05, 4.69) is 5.32 Å². The molecule has 0 bridgehead atoms. The summed E-state index contributed by atoms with van der Waals surface area (Å²) in [5.41, 5.74) is 0. The second-order valence-corrected chi connectivity index (χ2v) is 2.35. The molecule has 0 radical (unpaired) electrons. The molecule has 1 aliphatic heterocycles. The predicted octanol–water partition coefficient (Wildman–Crippen LogP) is -1.23. The van der Waals surface area contributed by atoms with Gasteiger partial charge < -0.3 is 15.1 Å². The van der Waals surface area contributed by atoms with Gasteiger partial charge in [0.25, 0.3) is 5.85 Å². The minimum absolute atomic E-state index is 0.354. The van der Waals surface area contributed by atoms with Gasteiger partial charge in [0.05, 0.1) is 0 Å². The lowest BCUT2D eigenvalue weighted by molar-refractivity contribution is -0.182. The molecular weight excluding hydrogens is 148 g/mol. The van der Waals surface area contributed by atoms with Gasteiger partial charge in [0.1, 0.15) is 0 Å². The molecule has 1 aliphatic rings. The highest BCUT2D eigenvalue weighted by molar-refractivity contribution is 5.76. The summed E-state index contributed by atoms with van der Waals surface area (Å²) in [5, 5.41) is 20.4. The molecule has 0 saturated heterocycles. The van der Waals surface area contributed by atoms with E-state index < -0.39 is 11.8 Å². The number of aliphatic hydroxyl groups is 1. The van der Waals surface area contributed by atoms with Gasteiger partial charge in [-0.15, -0.1) is 0 Å². The van der Waals surface area contributed by atoms with Crippen molar-refractivity contribution in [2.45, 2.75) is 5.85 Å². The maximum atomic E-state index is 10.5. The number of hydrogen-bond acceptors (Lipinski definition) is 4. The molecule has 0 aromatic carbocycles. The maximum absolute atomic E-state index is 10.5. The molecule has 0 saturated carbocycles. The molecule has 11 heavy (non-hydrogen) atoms. The second-order valence-electron chi connectivity index (χ2n) is 2.35. The smallest absolute Gasteiger partial charge is 0.374 e. The number of carboxylic acid groups (broad SMARTS) is 1. The van der Waals surface area contributed by atoms with Crippen molar-refractivity contribution in [3.8, 4) is 0 Å². The Hall–Kier alpha value is -1.07. The molecule has 5 heteroatoms. The van der Waals surface area contributed by atoms with E-state index >= 15 is 0 Å². The average Bonchev–Trinajstić information content (AvgIpc) is 1.95. The summed E-state index contributed by atoms with van der Waals surface area (Å²) in [6.45, 7) is 0.354. The normalized spacial score (nSPS) is 30.5. The number of hydrogen-bond donors (Lipinski definition) is 3. The fourth-order valence-corrected chi connectivity index (χ4v) is 0.871. The minimum atomic E-state index is -1.95. The molecule has 3 N–H and O–H groups in total. The van der Waals surface area contributed by atoms with Crippen LogP contribution in [0.4, 0.5) is 0 Å². The van der Waals surface area contributed by atoms with Crippen molar-refractivity contribution in [1.29, 1.82) is 0 Å². The number of nitrogens with one attached hydrogen (secondary N) is 1. The molecule has 1 heterocycles. The Kier molecular flexibility index (Phi) is 1.84. The Balaban J connectivity index is 2.85. The van der Waals surface area contributed by atoms with Crippen LogP contribution in [-0.4, -0.2) is 40.5 Å². The summed E-state index contributed by atoms with van der Waals surface area (Å²) in [5.74, 6) is -3.25. The van der Waals surface area contributed by atoms with Crippen molar-refractivity contribution < 1.29 is 15.0 Å². The lowest BCUT2D eigenvalue weighted by Gasteiger charge is -2.35. The first-order chi connectivity index (χ1) is 5.07. The molecule has 0 spiro atoms.